The number of methoxy groups -OCH3 is 1. The number of nitrogens with zero attached hydrogens (tertiary/aromatic N) is 4. The van der Waals surface area contributed by atoms with Gasteiger partial charge in [0.05, 0.1) is 36.5 Å². The van der Waals surface area contributed by atoms with Crippen molar-refractivity contribution in [1.82, 2.24) is 14.2 Å². The van der Waals surface area contributed by atoms with Crippen LogP contribution < -0.4 is 4.74 Å². The molecular formula is C26H24N4O3S. The van der Waals surface area contributed by atoms with Crippen LogP contribution in [0.25, 0.3) is 16.9 Å². The molecule has 0 radical (unpaired) electrons. The number of benzene rings is 3. The van der Waals surface area contributed by atoms with Crippen molar-refractivity contribution >= 4 is 15.7 Å². The van der Waals surface area contributed by atoms with Crippen LogP contribution in [-0.4, -0.2) is 41.7 Å². The Hall–Kier alpha value is -3.91. The van der Waals surface area contributed by atoms with E-state index in [1.807, 2.05) is 91.1 Å². The summed E-state index contributed by atoms with van der Waals surface area (Å²) in [7, 11) is -2.01. The molecule has 0 N–H and O–H groups in total. The lowest BCUT2D eigenvalue weighted by atomic mass is 9.97. The van der Waals surface area contributed by atoms with E-state index < -0.39 is 16.1 Å². The fourth-order valence-corrected chi connectivity index (χ4v) is 5.05. The van der Waals surface area contributed by atoms with Gasteiger partial charge >= 0.3 is 0 Å². The fourth-order valence-electron chi connectivity index (χ4n) is 4.15. The molecule has 1 aliphatic heterocycles. The smallest absolute Gasteiger partial charge is 0.247 e. The van der Waals surface area contributed by atoms with Crippen LogP contribution in [0.1, 0.15) is 23.6 Å². The topological polar surface area (TPSA) is 76.8 Å². The second kappa shape index (κ2) is 8.79. The number of para-hydroxylation sites is 1. The van der Waals surface area contributed by atoms with E-state index in [9.17, 15) is 8.42 Å². The van der Waals surface area contributed by atoms with Gasteiger partial charge in [0.1, 0.15) is 5.75 Å². The molecule has 1 aromatic heterocycles. The van der Waals surface area contributed by atoms with Crippen molar-refractivity contribution in [1.29, 1.82) is 0 Å². The summed E-state index contributed by atoms with van der Waals surface area (Å²) >= 11 is 0. The lowest BCUT2D eigenvalue weighted by Crippen LogP contribution is -2.26. The van der Waals surface area contributed by atoms with Crippen molar-refractivity contribution in [2.75, 3.05) is 13.4 Å². The van der Waals surface area contributed by atoms with Gasteiger partial charge in [0.25, 0.3) is 0 Å². The minimum Gasteiger partial charge on any atom is -0.497 e. The van der Waals surface area contributed by atoms with Gasteiger partial charge in [-0.2, -0.15) is 14.6 Å². The Morgan fingerprint density at radius 2 is 1.53 bits per heavy atom. The zero-order valence-electron chi connectivity index (χ0n) is 18.9. The van der Waals surface area contributed by atoms with Gasteiger partial charge in [0.15, 0.2) is 0 Å². The molecule has 5 rings (SSSR count). The normalized spacial score (nSPS) is 15.9. The van der Waals surface area contributed by atoms with Crippen LogP contribution in [-0.2, 0) is 10.0 Å². The quantitative estimate of drug-likeness (QED) is 0.409. The zero-order chi connectivity index (χ0) is 23.7. The molecule has 34 heavy (non-hydrogen) atoms. The number of aromatic nitrogens is 2. The van der Waals surface area contributed by atoms with Gasteiger partial charge in [-0.25, -0.2) is 13.1 Å². The molecule has 3 aromatic carbocycles. The third-order valence-corrected chi connectivity index (χ3v) is 6.82. The van der Waals surface area contributed by atoms with E-state index in [0.717, 1.165) is 33.8 Å². The number of hydrazone groups is 1. The van der Waals surface area contributed by atoms with Gasteiger partial charge < -0.3 is 4.74 Å². The summed E-state index contributed by atoms with van der Waals surface area (Å²) in [4.78, 5) is 0. The molecule has 0 unspecified atom stereocenters. The predicted octanol–water partition coefficient (Wildman–Crippen LogP) is 4.66. The van der Waals surface area contributed by atoms with E-state index >= 15 is 0 Å². The molecule has 0 fully saturated rings. The highest BCUT2D eigenvalue weighted by atomic mass is 32.2. The second-order valence-corrected chi connectivity index (χ2v) is 9.95. The monoisotopic (exact) mass is 472 g/mol. The third kappa shape index (κ3) is 4.20. The first kappa shape index (κ1) is 21.9. The zero-order valence-corrected chi connectivity index (χ0v) is 19.7. The lowest BCUT2D eigenvalue weighted by Gasteiger charge is -2.21. The van der Waals surface area contributed by atoms with Crippen molar-refractivity contribution in [3.8, 4) is 22.7 Å². The highest BCUT2D eigenvalue weighted by Gasteiger charge is 2.37. The Labute approximate surface area is 199 Å². The summed E-state index contributed by atoms with van der Waals surface area (Å²) in [5, 5.41) is 9.40. The van der Waals surface area contributed by atoms with Gasteiger partial charge in [-0.15, -0.1) is 0 Å². The van der Waals surface area contributed by atoms with Crippen LogP contribution in [0, 0.1) is 0 Å². The van der Waals surface area contributed by atoms with E-state index in [-0.39, 0.29) is 0 Å². The molecule has 172 valence electrons. The van der Waals surface area contributed by atoms with Crippen LogP contribution >= 0.6 is 0 Å². The van der Waals surface area contributed by atoms with Crippen LogP contribution in [0.15, 0.2) is 96.2 Å². The first-order valence-electron chi connectivity index (χ1n) is 10.9. The first-order valence-corrected chi connectivity index (χ1v) is 12.7. The van der Waals surface area contributed by atoms with Crippen LogP contribution in [0.3, 0.4) is 0 Å². The highest BCUT2D eigenvalue weighted by Crippen LogP contribution is 2.39. The predicted molar refractivity (Wildman–Crippen MR) is 133 cm³/mol. The maximum atomic E-state index is 12.8. The summed E-state index contributed by atoms with van der Waals surface area (Å²) in [6, 6.07) is 26.5. The minimum absolute atomic E-state index is 0.430. The third-order valence-electron chi connectivity index (χ3n) is 5.81. The maximum absolute atomic E-state index is 12.8. The maximum Gasteiger partial charge on any atom is 0.247 e. The summed E-state index contributed by atoms with van der Waals surface area (Å²) in [6.45, 7) is 0. The summed E-state index contributed by atoms with van der Waals surface area (Å²) in [5.74, 6) is 0.731. The SMILES string of the molecule is COc1ccc(C2=NN(S(C)(=O)=O)[C@@H](c3cn(-c4ccccc4)nc3-c3ccccc3)C2)cc1. The first-order chi connectivity index (χ1) is 16.4. The summed E-state index contributed by atoms with van der Waals surface area (Å²) < 4.78 is 33.8. The van der Waals surface area contributed by atoms with Crippen LogP contribution in [0.5, 0.6) is 5.75 Å². The molecular weight excluding hydrogens is 448 g/mol. The van der Waals surface area contributed by atoms with Crippen molar-refractivity contribution in [2.45, 2.75) is 12.5 Å². The Kier molecular flexibility index (Phi) is 5.67. The average Bonchev–Trinajstić information content (AvgIpc) is 3.50. The number of ether oxygens (including phenoxy) is 1. The number of hydrogen-bond donors (Lipinski definition) is 0. The van der Waals surface area contributed by atoms with Crippen LogP contribution in [0.2, 0.25) is 0 Å². The van der Waals surface area contributed by atoms with Gasteiger partial charge in [0.2, 0.25) is 10.0 Å². The molecule has 1 atom stereocenters. The fraction of sp³-hybridized carbons (Fsp3) is 0.154. The van der Waals surface area contributed by atoms with E-state index in [1.54, 1.807) is 11.8 Å². The molecule has 8 heteroatoms. The number of sulfonamides is 1. The van der Waals surface area contributed by atoms with E-state index in [4.69, 9.17) is 9.84 Å². The second-order valence-electron chi connectivity index (χ2n) is 8.11. The molecule has 0 spiro atoms. The summed E-state index contributed by atoms with van der Waals surface area (Å²) in [6.07, 6.45) is 3.52. The van der Waals surface area contributed by atoms with Crippen molar-refractivity contribution < 1.29 is 13.2 Å². The largest absolute Gasteiger partial charge is 0.497 e. The molecule has 2 heterocycles. The van der Waals surface area contributed by atoms with Crippen molar-refractivity contribution in [3.05, 3.63) is 102 Å². The molecule has 0 aliphatic carbocycles. The van der Waals surface area contributed by atoms with Gasteiger partial charge in [0, 0.05) is 23.7 Å². The molecule has 0 bridgehead atoms. The summed E-state index contributed by atoms with van der Waals surface area (Å²) in [5.41, 5.74) is 4.89. The van der Waals surface area contributed by atoms with E-state index in [0.29, 0.717) is 12.1 Å². The number of rotatable bonds is 6. The molecule has 0 amide bonds. The van der Waals surface area contributed by atoms with Gasteiger partial charge in [-0.3, -0.25) is 0 Å². The van der Waals surface area contributed by atoms with Gasteiger partial charge in [-0.05, 0) is 42.0 Å². The Morgan fingerprint density at radius 3 is 2.15 bits per heavy atom. The minimum atomic E-state index is -3.62. The van der Waals surface area contributed by atoms with Crippen molar-refractivity contribution in [3.63, 3.8) is 0 Å². The average molecular weight is 473 g/mol. The Balaban J connectivity index is 1.62. The molecule has 4 aromatic rings. The van der Waals surface area contributed by atoms with E-state index in [2.05, 4.69) is 5.10 Å². The molecule has 1 aliphatic rings. The standard InChI is InChI=1S/C26H24N4O3S/c1-33-22-15-13-19(14-16-22)24-17-25(30(27-24)34(2,31)32)23-18-29(21-11-7-4-8-12-21)28-26(23)20-9-5-3-6-10-20/h3-16,18,25H,17H2,1-2H3/t25-/m1/s1. The molecule has 0 saturated heterocycles. The number of hydrogen-bond acceptors (Lipinski definition) is 5. The Morgan fingerprint density at radius 1 is 0.882 bits per heavy atom. The highest BCUT2D eigenvalue weighted by molar-refractivity contribution is 7.88. The Bertz CT molecular complexity index is 1430. The van der Waals surface area contributed by atoms with E-state index in [1.165, 1.54) is 10.7 Å². The van der Waals surface area contributed by atoms with Crippen LogP contribution in [0.4, 0.5) is 0 Å². The van der Waals surface area contributed by atoms with Crippen molar-refractivity contribution in [2.24, 2.45) is 5.10 Å². The lowest BCUT2D eigenvalue weighted by molar-refractivity contribution is 0.375. The molecule has 7 nitrogen and oxygen atoms in total. The molecule has 0 saturated carbocycles. The van der Waals surface area contributed by atoms with Gasteiger partial charge in [-0.1, -0.05) is 48.5 Å².